The number of hydrogen-bond acceptors (Lipinski definition) is 2. The molecule has 106 valence electrons. The molecule has 0 saturated heterocycles. The zero-order valence-corrected chi connectivity index (χ0v) is 11.0. The number of nitrogens with zero attached hydrogens (tertiary/aromatic N) is 1. The van der Waals surface area contributed by atoms with E-state index in [1.807, 2.05) is 13.8 Å². The molecule has 1 amide bonds. The van der Waals surface area contributed by atoms with E-state index in [2.05, 4.69) is 4.74 Å². The normalized spacial score (nSPS) is 11.5. The molecule has 0 atom stereocenters. The lowest BCUT2D eigenvalue weighted by atomic mass is 10.1. The van der Waals surface area contributed by atoms with Gasteiger partial charge >= 0.3 is 6.36 Å². The van der Waals surface area contributed by atoms with Crippen LogP contribution in [0.25, 0.3) is 0 Å². The van der Waals surface area contributed by atoms with Crippen molar-refractivity contribution in [3.05, 3.63) is 29.8 Å². The van der Waals surface area contributed by atoms with Gasteiger partial charge in [0.1, 0.15) is 5.75 Å². The Hall–Kier alpha value is -1.72. The predicted octanol–water partition coefficient (Wildman–Crippen LogP) is 3.31. The molecule has 0 unspecified atom stereocenters. The standard InChI is InChI=1S/C13H16F3NO2/c1-9(2)8-17(3)12(18)10-4-6-11(7-5-10)19-13(14,15)16/h4-7,9H,8H2,1-3H3. The highest BCUT2D eigenvalue weighted by Crippen LogP contribution is 2.23. The Kier molecular flexibility index (Phi) is 4.80. The topological polar surface area (TPSA) is 29.5 Å². The highest BCUT2D eigenvalue weighted by atomic mass is 19.4. The minimum absolute atomic E-state index is 0.229. The molecule has 0 radical (unpaired) electrons. The highest BCUT2D eigenvalue weighted by Gasteiger charge is 2.31. The molecular weight excluding hydrogens is 259 g/mol. The van der Waals surface area contributed by atoms with E-state index in [4.69, 9.17) is 0 Å². The summed E-state index contributed by atoms with van der Waals surface area (Å²) in [5.41, 5.74) is 0.331. The van der Waals surface area contributed by atoms with Gasteiger partial charge in [-0.15, -0.1) is 13.2 Å². The molecule has 19 heavy (non-hydrogen) atoms. The third kappa shape index (κ3) is 5.19. The van der Waals surface area contributed by atoms with Crippen molar-refractivity contribution in [2.75, 3.05) is 13.6 Å². The van der Waals surface area contributed by atoms with Crippen LogP contribution in [0.4, 0.5) is 13.2 Å². The first kappa shape index (κ1) is 15.3. The number of amides is 1. The zero-order chi connectivity index (χ0) is 14.6. The minimum Gasteiger partial charge on any atom is -0.406 e. The highest BCUT2D eigenvalue weighted by molar-refractivity contribution is 5.94. The van der Waals surface area contributed by atoms with Crippen molar-refractivity contribution in [1.29, 1.82) is 0 Å². The summed E-state index contributed by atoms with van der Waals surface area (Å²) in [6.07, 6.45) is -4.72. The summed E-state index contributed by atoms with van der Waals surface area (Å²) < 4.78 is 39.7. The summed E-state index contributed by atoms with van der Waals surface area (Å²) in [4.78, 5) is 13.5. The monoisotopic (exact) mass is 275 g/mol. The Balaban J connectivity index is 2.73. The van der Waals surface area contributed by atoms with Crippen LogP contribution in [0, 0.1) is 5.92 Å². The molecule has 0 spiro atoms. The Labute approximate surface area is 110 Å². The van der Waals surface area contributed by atoms with Crippen LogP contribution in [-0.2, 0) is 0 Å². The van der Waals surface area contributed by atoms with Gasteiger partial charge in [-0.2, -0.15) is 0 Å². The molecule has 0 saturated carbocycles. The molecule has 0 bridgehead atoms. The average molecular weight is 275 g/mol. The van der Waals surface area contributed by atoms with E-state index in [1.54, 1.807) is 7.05 Å². The average Bonchev–Trinajstić information content (AvgIpc) is 2.26. The van der Waals surface area contributed by atoms with Crippen molar-refractivity contribution in [2.24, 2.45) is 5.92 Å². The van der Waals surface area contributed by atoms with Gasteiger partial charge in [0.15, 0.2) is 0 Å². The molecule has 1 rings (SSSR count). The van der Waals surface area contributed by atoms with Crippen LogP contribution in [0.1, 0.15) is 24.2 Å². The summed E-state index contributed by atoms with van der Waals surface area (Å²) in [5.74, 6) is -0.246. The van der Waals surface area contributed by atoms with Gasteiger partial charge in [0.25, 0.3) is 5.91 Å². The minimum atomic E-state index is -4.72. The van der Waals surface area contributed by atoms with Gasteiger partial charge in [-0.3, -0.25) is 4.79 Å². The van der Waals surface area contributed by atoms with Gasteiger partial charge in [-0.1, -0.05) is 13.8 Å². The van der Waals surface area contributed by atoms with E-state index < -0.39 is 6.36 Å². The fraction of sp³-hybridized carbons (Fsp3) is 0.462. The van der Waals surface area contributed by atoms with Gasteiger partial charge in [0.2, 0.25) is 0 Å². The third-order valence-electron chi connectivity index (χ3n) is 2.32. The van der Waals surface area contributed by atoms with Crippen LogP contribution >= 0.6 is 0 Å². The van der Waals surface area contributed by atoms with Gasteiger partial charge in [0, 0.05) is 19.2 Å². The van der Waals surface area contributed by atoms with Gasteiger partial charge in [0.05, 0.1) is 0 Å². The summed E-state index contributed by atoms with van der Waals surface area (Å²) >= 11 is 0. The number of carbonyl (C=O) groups excluding carboxylic acids is 1. The SMILES string of the molecule is CC(C)CN(C)C(=O)c1ccc(OC(F)(F)F)cc1. The van der Waals surface area contributed by atoms with Crippen molar-refractivity contribution >= 4 is 5.91 Å². The van der Waals surface area contributed by atoms with E-state index in [1.165, 1.54) is 17.0 Å². The van der Waals surface area contributed by atoms with Crippen LogP contribution in [-0.4, -0.2) is 30.8 Å². The molecule has 3 nitrogen and oxygen atoms in total. The summed E-state index contributed by atoms with van der Waals surface area (Å²) in [7, 11) is 1.66. The number of carbonyl (C=O) groups is 1. The van der Waals surface area contributed by atoms with Crippen LogP contribution in [0.3, 0.4) is 0 Å². The Morgan fingerprint density at radius 1 is 1.26 bits per heavy atom. The van der Waals surface area contributed by atoms with Gasteiger partial charge in [-0.05, 0) is 30.2 Å². The Morgan fingerprint density at radius 3 is 2.21 bits per heavy atom. The lowest BCUT2D eigenvalue weighted by Crippen LogP contribution is -2.30. The van der Waals surface area contributed by atoms with Gasteiger partial charge in [-0.25, -0.2) is 0 Å². The molecular formula is C13H16F3NO2. The molecule has 1 aromatic carbocycles. The first-order valence-electron chi connectivity index (χ1n) is 5.80. The second-order valence-corrected chi connectivity index (χ2v) is 4.65. The third-order valence-corrected chi connectivity index (χ3v) is 2.32. The van der Waals surface area contributed by atoms with E-state index in [9.17, 15) is 18.0 Å². The largest absolute Gasteiger partial charge is 0.573 e. The summed E-state index contributed by atoms with van der Waals surface area (Å²) in [5, 5.41) is 0. The van der Waals surface area contributed by atoms with Crippen LogP contribution in [0.2, 0.25) is 0 Å². The number of rotatable bonds is 4. The van der Waals surface area contributed by atoms with Crippen molar-refractivity contribution in [3.8, 4) is 5.75 Å². The first-order valence-corrected chi connectivity index (χ1v) is 5.80. The summed E-state index contributed by atoms with van der Waals surface area (Å²) in [6, 6.07) is 4.90. The maximum atomic E-state index is 12.0. The van der Waals surface area contributed by atoms with Gasteiger partial charge < -0.3 is 9.64 Å². The molecule has 0 aromatic heterocycles. The van der Waals surface area contributed by atoms with Crippen molar-refractivity contribution < 1.29 is 22.7 Å². The molecule has 0 N–H and O–H groups in total. The Bertz CT molecular complexity index is 427. The fourth-order valence-electron chi connectivity index (χ4n) is 1.65. The quantitative estimate of drug-likeness (QED) is 0.843. The maximum absolute atomic E-state index is 12.0. The predicted molar refractivity (Wildman–Crippen MR) is 64.9 cm³/mol. The van der Waals surface area contributed by atoms with Crippen LogP contribution in [0.5, 0.6) is 5.75 Å². The van der Waals surface area contributed by atoms with Crippen molar-refractivity contribution in [1.82, 2.24) is 4.90 Å². The van der Waals surface area contributed by atoms with E-state index in [-0.39, 0.29) is 11.7 Å². The van der Waals surface area contributed by atoms with E-state index >= 15 is 0 Å². The zero-order valence-electron chi connectivity index (χ0n) is 11.0. The number of halogens is 3. The number of benzene rings is 1. The lowest BCUT2D eigenvalue weighted by Gasteiger charge is -2.19. The summed E-state index contributed by atoms with van der Waals surface area (Å²) in [6.45, 7) is 4.54. The fourth-order valence-corrected chi connectivity index (χ4v) is 1.65. The number of ether oxygens (including phenoxy) is 1. The van der Waals surface area contributed by atoms with E-state index in [0.717, 1.165) is 12.1 Å². The second kappa shape index (κ2) is 5.95. The molecule has 6 heteroatoms. The van der Waals surface area contributed by atoms with E-state index in [0.29, 0.717) is 18.0 Å². The lowest BCUT2D eigenvalue weighted by molar-refractivity contribution is -0.274. The molecule has 0 heterocycles. The second-order valence-electron chi connectivity index (χ2n) is 4.65. The number of alkyl halides is 3. The van der Waals surface area contributed by atoms with Crippen molar-refractivity contribution in [2.45, 2.75) is 20.2 Å². The molecule has 0 aliphatic carbocycles. The molecule has 1 aromatic rings. The smallest absolute Gasteiger partial charge is 0.406 e. The maximum Gasteiger partial charge on any atom is 0.573 e. The number of hydrogen-bond donors (Lipinski definition) is 0. The van der Waals surface area contributed by atoms with Crippen molar-refractivity contribution in [3.63, 3.8) is 0 Å². The van der Waals surface area contributed by atoms with Crippen LogP contribution < -0.4 is 4.74 Å². The van der Waals surface area contributed by atoms with Crippen LogP contribution in [0.15, 0.2) is 24.3 Å². The molecule has 0 aliphatic heterocycles. The molecule has 0 aliphatic rings. The first-order chi connectivity index (χ1) is 8.69. The Morgan fingerprint density at radius 2 is 1.79 bits per heavy atom. The molecule has 0 fully saturated rings.